The average molecular weight is 322 g/mol. The number of hydrogen-bond donors (Lipinski definition) is 1. The molecule has 0 radical (unpaired) electrons. The molecule has 24 heavy (non-hydrogen) atoms. The summed E-state index contributed by atoms with van der Waals surface area (Å²) in [6.45, 7) is 2.25. The Balaban J connectivity index is 1.62. The molecule has 1 aliphatic carbocycles. The summed E-state index contributed by atoms with van der Waals surface area (Å²) in [4.78, 5) is 7.57. The van der Waals surface area contributed by atoms with Gasteiger partial charge < -0.3 is 9.51 Å². The molecule has 4 aromatic heterocycles. The fourth-order valence-electron chi connectivity index (χ4n) is 4.20. The molecule has 1 N–H and O–H groups in total. The molecule has 0 spiro atoms. The number of rotatable bonds is 3. The Morgan fingerprint density at radius 3 is 3.08 bits per heavy atom. The standard InChI is InChI=1S/C17H18N6O/c1-2-10-7-11(13-4-6-24-22-13)8-12(10)17-21-20-15-9-19-16-14(23(15)17)3-5-18-16/h3-6,9-12,18H,2,7-8H2,1H3/t10-,11+,12+/m1/s1. The molecule has 5 rings (SSSR count). The van der Waals surface area contributed by atoms with Gasteiger partial charge in [0.1, 0.15) is 12.1 Å². The van der Waals surface area contributed by atoms with Gasteiger partial charge in [0, 0.05) is 24.1 Å². The van der Waals surface area contributed by atoms with E-state index in [0.717, 1.165) is 47.6 Å². The van der Waals surface area contributed by atoms with E-state index in [9.17, 15) is 0 Å². The van der Waals surface area contributed by atoms with Crippen molar-refractivity contribution in [2.45, 2.75) is 38.0 Å². The smallest absolute Gasteiger partial charge is 0.179 e. The summed E-state index contributed by atoms with van der Waals surface area (Å²) in [7, 11) is 0. The van der Waals surface area contributed by atoms with E-state index in [1.54, 1.807) is 12.5 Å². The van der Waals surface area contributed by atoms with E-state index in [0.29, 0.717) is 17.8 Å². The molecule has 7 nitrogen and oxygen atoms in total. The summed E-state index contributed by atoms with van der Waals surface area (Å²) in [6, 6.07) is 4.02. The number of nitrogens with zero attached hydrogens (tertiary/aromatic N) is 5. The number of hydrogen-bond acceptors (Lipinski definition) is 5. The van der Waals surface area contributed by atoms with Gasteiger partial charge in [-0.3, -0.25) is 4.40 Å². The first-order valence-electron chi connectivity index (χ1n) is 8.42. The van der Waals surface area contributed by atoms with Crippen molar-refractivity contribution in [3.8, 4) is 0 Å². The van der Waals surface area contributed by atoms with Crippen LogP contribution >= 0.6 is 0 Å². The van der Waals surface area contributed by atoms with Crippen molar-refractivity contribution in [2.75, 3.05) is 0 Å². The number of nitrogens with one attached hydrogen (secondary N) is 1. The van der Waals surface area contributed by atoms with Crippen LogP contribution < -0.4 is 0 Å². The van der Waals surface area contributed by atoms with E-state index in [2.05, 4.69) is 36.6 Å². The van der Waals surface area contributed by atoms with Gasteiger partial charge in [-0.15, -0.1) is 10.2 Å². The number of H-pyrrole nitrogens is 1. The summed E-state index contributed by atoms with van der Waals surface area (Å²) in [5.41, 5.74) is 3.75. The SMILES string of the molecule is CC[C@@H]1C[C@H](c2ccon2)C[C@@H]1c1nnc2cnc3[nH]ccc3n12. The van der Waals surface area contributed by atoms with Crippen LogP contribution in [0.25, 0.3) is 16.8 Å². The van der Waals surface area contributed by atoms with Gasteiger partial charge in [-0.25, -0.2) is 4.98 Å². The molecule has 0 aliphatic heterocycles. The second-order valence-electron chi connectivity index (χ2n) is 6.59. The molecule has 122 valence electrons. The maximum Gasteiger partial charge on any atom is 0.179 e. The third-order valence-electron chi connectivity index (χ3n) is 5.39. The van der Waals surface area contributed by atoms with Crippen molar-refractivity contribution >= 4 is 16.8 Å². The number of aromatic nitrogens is 6. The van der Waals surface area contributed by atoms with Crippen LogP contribution in [0, 0.1) is 5.92 Å². The van der Waals surface area contributed by atoms with Crippen LogP contribution in [0.2, 0.25) is 0 Å². The molecular formula is C17H18N6O. The van der Waals surface area contributed by atoms with Crippen LogP contribution in [0.4, 0.5) is 0 Å². The lowest BCUT2D eigenvalue weighted by Crippen LogP contribution is -2.09. The van der Waals surface area contributed by atoms with Gasteiger partial charge in [0.25, 0.3) is 0 Å². The lowest BCUT2D eigenvalue weighted by molar-refractivity contribution is 0.403. The highest BCUT2D eigenvalue weighted by molar-refractivity contribution is 5.74. The minimum atomic E-state index is 0.368. The predicted molar refractivity (Wildman–Crippen MR) is 87.6 cm³/mol. The molecule has 1 aliphatic rings. The van der Waals surface area contributed by atoms with Gasteiger partial charge in [-0.05, 0) is 24.8 Å². The normalized spacial score (nSPS) is 24.3. The minimum absolute atomic E-state index is 0.368. The predicted octanol–water partition coefficient (Wildman–Crippen LogP) is 3.28. The second-order valence-corrected chi connectivity index (χ2v) is 6.59. The van der Waals surface area contributed by atoms with Gasteiger partial charge >= 0.3 is 0 Å². The zero-order valence-corrected chi connectivity index (χ0v) is 13.4. The van der Waals surface area contributed by atoms with E-state index in [1.807, 2.05) is 18.3 Å². The Kier molecular flexibility index (Phi) is 2.95. The summed E-state index contributed by atoms with van der Waals surface area (Å²) in [6.07, 6.45) is 8.61. The Labute approximate surface area is 138 Å². The molecule has 0 saturated heterocycles. The van der Waals surface area contributed by atoms with Gasteiger partial charge in [0.15, 0.2) is 11.3 Å². The van der Waals surface area contributed by atoms with Crippen molar-refractivity contribution in [3.05, 3.63) is 42.3 Å². The van der Waals surface area contributed by atoms with E-state index in [-0.39, 0.29) is 0 Å². The Bertz CT molecular complexity index is 985. The lowest BCUT2D eigenvalue weighted by Gasteiger charge is -2.16. The lowest BCUT2D eigenvalue weighted by atomic mass is 9.93. The monoisotopic (exact) mass is 322 g/mol. The highest BCUT2D eigenvalue weighted by Gasteiger charge is 2.38. The van der Waals surface area contributed by atoms with Crippen molar-refractivity contribution in [2.24, 2.45) is 5.92 Å². The summed E-state index contributed by atoms with van der Waals surface area (Å²) < 4.78 is 7.19. The fourth-order valence-corrected chi connectivity index (χ4v) is 4.20. The first kappa shape index (κ1) is 13.7. The average Bonchev–Trinajstić information content (AvgIpc) is 3.38. The van der Waals surface area contributed by atoms with Crippen LogP contribution in [0.5, 0.6) is 0 Å². The zero-order chi connectivity index (χ0) is 16.1. The van der Waals surface area contributed by atoms with Crippen molar-refractivity contribution in [1.82, 2.24) is 29.7 Å². The number of aromatic amines is 1. The van der Waals surface area contributed by atoms with E-state index in [1.165, 1.54) is 0 Å². The molecule has 0 bridgehead atoms. The molecule has 7 heteroatoms. The highest BCUT2D eigenvalue weighted by Crippen LogP contribution is 2.48. The molecule has 3 atom stereocenters. The van der Waals surface area contributed by atoms with Crippen molar-refractivity contribution in [1.29, 1.82) is 0 Å². The van der Waals surface area contributed by atoms with Gasteiger partial charge in [-0.1, -0.05) is 18.5 Å². The minimum Gasteiger partial charge on any atom is -0.365 e. The third-order valence-corrected chi connectivity index (χ3v) is 5.39. The first-order valence-corrected chi connectivity index (χ1v) is 8.42. The Hall–Kier alpha value is -2.70. The molecule has 1 fully saturated rings. The van der Waals surface area contributed by atoms with E-state index in [4.69, 9.17) is 4.52 Å². The summed E-state index contributed by atoms with van der Waals surface area (Å²) in [5.74, 6) is 2.40. The molecular weight excluding hydrogens is 304 g/mol. The topological polar surface area (TPSA) is 84.9 Å². The molecule has 0 amide bonds. The van der Waals surface area contributed by atoms with Gasteiger partial charge in [-0.2, -0.15) is 0 Å². The van der Waals surface area contributed by atoms with Gasteiger partial charge in [0.05, 0.1) is 17.4 Å². The fraction of sp³-hybridized carbons (Fsp3) is 0.412. The van der Waals surface area contributed by atoms with Crippen LogP contribution in [-0.2, 0) is 0 Å². The van der Waals surface area contributed by atoms with Crippen LogP contribution in [0.15, 0.2) is 35.3 Å². The molecule has 4 aromatic rings. The van der Waals surface area contributed by atoms with Crippen molar-refractivity contribution < 1.29 is 4.52 Å². The molecule has 0 unspecified atom stereocenters. The quantitative estimate of drug-likeness (QED) is 0.625. The van der Waals surface area contributed by atoms with Crippen molar-refractivity contribution in [3.63, 3.8) is 0 Å². The third kappa shape index (κ3) is 1.90. The van der Waals surface area contributed by atoms with Crippen LogP contribution in [0.3, 0.4) is 0 Å². The summed E-state index contributed by atoms with van der Waals surface area (Å²) >= 11 is 0. The first-order chi connectivity index (χ1) is 11.8. The number of fused-ring (bicyclic) bond motifs is 3. The van der Waals surface area contributed by atoms with E-state index >= 15 is 0 Å². The Morgan fingerprint density at radius 1 is 1.29 bits per heavy atom. The van der Waals surface area contributed by atoms with Gasteiger partial charge in [0.2, 0.25) is 0 Å². The summed E-state index contributed by atoms with van der Waals surface area (Å²) in [5, 5.41) is 13.0. The van der Waals surface area contributed by atoms with Crippen LogP contribution in [0.1, 0.15) is 49.5 Å². The molecule has 0 aromatic carbocycles. The van der Waals surface area contributed by atoms with Crippen LogP contribution in [-0.4, -0.2) is 29.7 Å². The maximum atomic E-state index is 5.04. The maximum absolute atomic E-state index is 5.04. The zero-order valence-electron chi connectivity index (χ0n) is 13.4. The Morgan fingerprint density at radius 2 is 2.25 bits per heavy atom. The van der Waals surface area contributed by atoms with E-state index < -0.39 is 0 Å². The highest BCUT2D eigenvalue weighted by atomic mass is 16.5. The molecule has 1 saturated carbocycles. The largest absolute Gasteiger partial charge is 0.365 e. The molecule has 4 heterocycles. The second kappa shape index (κ2) is 5.15.